The van der Waals surface area contributed by atoms with Crippen molar-refractivity contribution >= 4 is 15.7 Å². The molecule has 156 valence electrons. The Morgan fingerprint density at radius 2 is 1.69 bits per heavy atom. The maximum absolute atomic E-state index is 12.6. The van der Waals surface area contributed by atoms with Gasteiger partial charge in [0.05, 0.1) is 10.1 Å². The molecule has 0 aromatic heterocycles. The molecule has 0 saturated carbocycles. The van der Waals surface area contributed by atoms with E-state index in [-0.39, 0.29) is 11.3 Å². The van der Waals surface area contributed by atoms with Crippen LogP contribution >= 0.6 is 0 Å². The summed E-state index contributed by atoms with van der Waals surface area (Å²) < 4.78 is 25.1. The molecule has 2 atom stereocenters. The summed E-state index contributed by atoms with van der Waals surface area (Å²) in [7, 11) is -3.57. The number of nitrogens with two attached hydrogens (primary N) is 1. The van der Waals surface area contributed by atoms with Gasteiger partial charge in [0.25, 0.3) is 0 Å². The highest BCUT2D eigenvalue weighted by molar-refractivity contribution is 7.92. The summed E-state index contributed by atoms with van der Waals surface area (Å²) in [5.74, 6) is -0.614. The first kappa shape index (κ1) is 21.5. The zero-order valence-electron chi connectivity index (χ0n) is 17.2. The predicted octanol–water partition coefficient (Wildman–Crippen LogP) is 3.42. The Morgan fingerprint density at radius 1 is 1.10 bits per heavy atom. The summed E-state index contributed by atoms with van der Waals surface area (Å²) in [6.07, 6.45) is 3.46. The van der Waals surface area contributed by atoms with Crippen LogP contribution in [0.15, 0.2) is 53.4 Å². The van der Waals surface area contributed by atoms with E-state index in [1.807, 2.05) is 12.1 Å². The summed E-state index contributed by atoms with van der Waals surface area (Å²) in [5.41, 5.74) is 8.47. The fourth-order valence-corrected chi connectivity index (χ4v) is 5.29. The average molecular weight is 415 g/mol. The molecular formula is C23H30N2O3S. The standard InChI is InChI=1S/C23H30N2O3S/c1-17-4-3-14-25(17)15-13-19-5-7-20(8-6-19)21-9-11-22(12-10-21)29(27,28)18(2)16-23(24)26/h5-12,17-18H,3-4,13-16H2,1-2H3,(H2,24,26). The average Bonchev–Trinajstić information content (AvgIpc) is 3.11. The molecule has 2 unspecified atom stereocenters. The van der Waals surface area contributed by atoms with E-state index in [0.29, 0.717) is 6.04 Å². The third-order valence-electron chi connectivity index (χ3n) is 5.87. The normalized spacial score (nSPS) is 18.6. The quantitative estimate of drug-likeness (QED) is 0.718. The van der Waals surface area contributed by atoms with Crippen molar-refractivity contribution in [3.05, 3.63) is 54.1 Å². The smallest absolute Gasteiger partial charge is 0.218 e. The molecule has 3 rings (SSSR count). The largest absolute Gasteiger partial charge is 0.370 e. The van der Waals surface area contributed by atoms with Crippen LogP contribution in [0.4, 0.5) is 0 Å². The summed E-state index contributed by atoms with van der Waals surface area (Å²) in [6, 6.07) is 16.0. The van der Waals surface area contributed by atoms with Crippen LogP contribution in [0.1, 0.15) is 38.7 Å². The van der Waals surface area contributed by atoms with E-state index in [9.17, 15) is 13.2 Å². The fourth-order valence-electron chi connectivity index (χ4n) is 3.92. The van der Waals surface area contributed by atoms with Gasteiger partial charge in [-0.15, -0.1) is 0 Å². The van der Waals surface area contributed by atoms with Gasteiger partial charge >= 0.3 is 0 Å². The number of carbonyl (C=O) groups is 1. The molecular weight excluding hydrogens is 384 g/mol. The molecule has 6 heteroatoms. The number of hydrogen-bond acceptors (Lipinski definition) is 4. The van der Waals surface area contributed by atoms with E-state index in [2.05, 4.69) is 36.1 Å². The number of primary amides is 1. The zero-order valence-corrected chi connectivity index (χ0v) is 18.0. The van der Waals surface area contributed by atoms with Crippen LogP contribution in [0, 0.1) is 0 Å². The predicted molar refractivity (Wildman–Crippen MR) is 116 cm³/mol. The van der Waals surface area contributed by atoms with Crippen molar-refractivity contribution in [1.29, 1.82) is 0 Å². The van der Waals surface area contributed by atoms with Crippen molar-refractivity contribution in [3.8, 4) is 11.1 Å². The molecule has 29 heavy (non-hydrogen) atoms. The highest BCUT2D eigenvalue weighted by atomic mass is 32.2. The highest BCUT2D eigenvalue weighted by Crippen LogP contribution is 2.25. The Hall–Kier alpha value is -2.18. The van der Waals surface area contributed by atoms with Crippen LogP contribution in [-0.2, 0) is 21.1 Å². The molecule has 2 aromatic rings. The Bertz CT molecular complexity index is 937. The first-order chi connectivity index (χ1) is 13.8. The summed E-state index contributed by atoms with van der Waals surface area (Å²) in [6.45, 7) is 6.10. The minimum absolute atomic E-state index is 0.179. The van der Waals surface area contributed by atoms with Crippen LogP contribution < -0.4 is 5.73 Å². The molecule has 0 aliphatic carbocycles. The molecule has 1 heterocycles. The topological polar surface area (TPSA) is 80.5 Å². The Labute approximate surface area is 173 Å². The van der Waals surface area contributed by atoms with E-state index >= 15 is 0 Å². The highest BCUT2D eigenvalue weighted by Gasteiger charge is 2.24. The summed E-state index contributed by atoms with van der Waals surface area (Å²) in [4.78, 5) is 13.8. The number of rotatable bonds is 8. The molecule has 2 N–H and O–H groups in total. The lowest BCUT2D eigenvalue weighted by molar-refractivity contribution is -0.117. The SMILES string of the molecule is CC1CCCN1CCc1ccc(-c2ccc(S(=O)(=O)C(C)CC(N)=O)cc2)cc1. The van der Waals surface area contributed by atoms with Gasteiger partial charge < -0.3 is 10.6 Å². The van der Waals surface area contributed by atoms with Crippen molar-refractivity contribution in [2.75, 3.05) is 13.1 Å². The number of nitrogens with zero attached hydrogens (tertiary/aromatic N) is 1. The van der Waals surface area contributed by atoms with Gasteiger partial charge in [0.1, 0.15) is 0 Å². The maximum Gasteiger partial charge on any atom is 0.218 e. The Balaban J connectivity index is 1.66. The van der Waals surface area contributed by atoms with Gasteiger partial charge in [-0.05, 0) is 68.5 Å². The number of carbonyl (C=O) groups excluding carboxylic acids is 1. The number of benzene rings is 2. The Kier molecular flexibility index (Phi) is 6.75. The second-order valence-corrected chi connectivity index (χ2v) is 10.4. The van der Waals surface area contributed by atoms with Crippen LogP contribution in [0.5, 0.6) is 0 Å². The molecule has 1 saturated heterocycles. The number of amides is 1. The third kappa shape index (κ3) is 5.25. The number of hydrogen-bond donors (Lipinski definition) is 1. The molecule has 2 aromatic carbocycles. The minimum atomic E-state index is -3.57. The van der Waals surface area contributed by atoms with Gasteiger partial charge in [0.15, 0.2) is 9.84 Å². The Morgan fingerprint density at radius 3 is 2.21 bits per heavy atom. The van der Waals surface area contributed by atoms with Crippen molar-refractivity contribution in [2.24, 2.45) is 5.73 Å². The number of sulfone groups is 1. The third-order valence-corrected chi connectivity index (χ3v) is 8.02. The first-order valence-corrected chi connectivity index (χ1v) is 11.8. The van der Waals surface area contributed by atoms with Crippen molar-refractivity contribution in [2.45, 2.75) is 55.7 Å². The molecule has 0 spiro atoms. The van der Waals surface area contributed by atoms with Crippen LogP contribution in [0.3, 0.4) is 0 Å². The molecule has 1 aliphatic heterocycles. The van der Waals surface area contributed by atoms with E-state index in [1.165, 1.54) is 31.9 Å². The maximum atomic E-state index is 12.6. The lowest BCUT2D eigenvalue weighted by Gasteiger charge is -2.20. The number of likely N-dealkylation sites (tertiary alicyclic amines) is 1. The van der Waals surface area contributed by atoms with Crippen molar-refractivity contribution in [3.63, 3.8) is 0 Å². The van der Waals surface area contributed by atoms with Gasteiger partial charge in [-0.3, -0.25) is 4.79 Å². The van der Waals surface area contributed by atoms with Gasteiger partial charge in [-0.2, -0.15) is 0 Å². The minimum Gasteiger partial charge on any atom is -0.370 e. The second-order valence-electron chi connectivity index (χ2n) is 8.02. The molecule has 0 bridgehead atoms. The molecule has 0 radical (unpaired) electrons. The van der Waals surface area contributed by atoms with Crippen molar-refractivity contribution < 1.29 is 13.2 Å². The van der Waals surface area contributed by atoms with E-state index in [4.69, 9.17) is 5.73 Å². The van der Waals surface area contributed by atoms with Crippen LogP contribution in [0.25, 0.3) is 11.1 Å². The van der Waals surface area contributed by atoms with Gasteiger partial charge in [-0.25, -0.2) is 8.42 Å². The van der Waals surface area contributed by atoms with Crippen molar-refractivity contribution in [1.82, 2.24) is 4.90 Å². The van der Waals surface area contributed by atoms with Gasteiger partial charge in [0.2, 0.25) is 5.91 Å². The van der Waals surface area contributed by atoms with E-state index in [0.717, 1.165) is 24.1 Å². The molecule has 1 aliphatic rings. The van der Waals surface area contributed by atoms with Crippen LogP contribution in [0.2, 0.25) is 0 Å². The molecule has 1 fully saturated rings. The molecule has 5 nitrogen and oxygen atoms in total. The van der Waals surface area contributed by atoms with Crippen LogP contribution in [-0.4, -0.2) is 43.6 Å². The van der Waals surface area contributed by atoms with Gasteiger partial charge in [-0.1, -0.05) is 36.4 Å². The first-order valence-electron chi connectivity index (χ1n) is 10.2. The van der Waals surface area contributed by atoms with E-state index in [1.54, 1.807) is 12.1 Å². The lowest BCUT2D eigenvalue weighted by atomic mass is 10.0. The van der Waals surface area contributed by atoms with Gasteiger partial charge in [0, 0.05) is 19.0 Å². The lowest BCUT2D eigenvalue weighted by Crippen LogP contribution is -2.28. The fraction of sp³-hybridized carbons (Fsp3) is 0.435. The monoisotopic (exact) mass is 414 g/mol. The zero-order chi connectivity index (χ0) is 21.0. The summed E-state index contributed by atoms with van der Waals surface area (Å²) >= 11 is 0. The van der Waals surface area contributed by atoms with E-state index < -0.39 is 21.0 Å². The molecule has 1 amide bonds. The summed E-state index contributed by atoms with van der Waals surface area (Å²) in [5, 5.41) is -0.830. The second kappa shape index (κ2) is 9.09.